The number of nitrogens with zero attached hydrogens (tertiary/aromatic N) is 5. The lowest BCUT2D eigenvalue weighted by molar-refractivity contribution is -0.137. The van der Waals surface area contributed by atoms with Gasteiger partial charge in [0, 0.05) is 43.4 Å². The molecular weight excluding hydrogens is 633 g/mol. The van der Waals surface area contributed by atoms with Gasteiger partial charge in [0.2, 0.25) is 0 Å². The lowest BCUT2D eigenvalue weighted by Gasteiger charge is -2.32. The van der Waals surface area contributed by atoms with Crippen molar-refractivity contribution in [2.45, 2.75) is 57.5 Å². The van der Waals surface area contributed by atoms with Gasteiger partial charge in [0.15, 0.2) is 0 Å². The SMILES string of the molecule is Cn1c(=O)[nH]c2cccc(C3CCN(CCCn4nc(-c5ccc(C(F)(F)F)cc5)c5c4CCN(C(=O)OCc4ccccc4)C5)CC3)c21. The van der Waals surface area contributed by atoms with Crippen LogP contribution in [0.15, 0.2) is 77.6 Å². The van der Waals surface area contributed by atoms with Crippen molar-refractivity contribution in [3.8, 4) is 11.3 Å². The lowest BCUT2D eigenvalue weighted by atomic mass is 9.88. The third kappa shape index (κ3) is 6.87. The van der Waals surface area contributed by atoms with E-state index >= 15 is 0 Å². The van der Waals surface area contributed by atoms with E-state index in [4.69, 9.17) is 9.84 Å². The first-order valence-electron chi connectivity index (χ1n) is 16.8. The van der Waals surface area contributed by atoms with Crippen molar-refractivity contribution in [1.82, 2.24) is 29.1 Å². The molecule has 9 nitrogen and oxygen atoms in total. The number of rotatable bonds is 8. The highest BCUT2D eigenvalue weighted by Gasteiger charge is 2.32. The van der Waals surface area contributed by atoms with Crippen LogP contribution in [-0.4, -0.2) is 61.4 Å². The molecule has 5 aromatic rings. The van der Waals surface area contributed by atoms with Crippen LogP contribution in [0.3, 0.4) is 0 Å². The second-order valence-electron chi connectivity index (χ2n) is 13.0. The van der Waals surface area contributed by atoms with Crippen molar-refractivity contribution in [1.29, 1.82) is 0 Å². The number of hydrogen-bond donors (Lipinski definition) is 1. The molecule has 0 saturated carbocycles. The number of aryl methyl sites for hydroxylation is 2. The minimum atomic E-state index is -4.43. The van der Waals surface area contributed by atoms with E-state index in [1.165, 1.54) is 17.7 Å². The van der Waals surface area contributed by atoms with E-state index in [0.29, 0.717) is 36.7 Å². The van der Waals surface area contributed by atoms with E-state index in [-0.39, 0.29) is 18.8 Å². The number of benzene rings is 3. The third-order valence-corrected chi connectivity index (χ3v) is 9.90. The number of carbonyl (C=O) groups is 1. The van der Waals surface area contributed by atoms with Crippen molar-refractivity contribution in [2.75, 3.05) is 26.2 Å². The number of H-pyrrole nitrogens is 1. The van der Waals surface area contributed by atoms with Gasteiger partial charge < -0.3 is 19.5 Å². The summed E-state index contributed by atoms with van der Waals surface area (Å²) in [6, 6.07) is 20.6. The smallest absolute Gasteiger partial charge is 0.416 e. The Balaban J connectivity index is 1.03. The van der Waals surface area contributed by atoms with Gasteiger partial charge in [-0.25, -0.2) is 9.59 Å². The highest BCUT2D eigenvalue weighted by molar-refractivity contribution is 5.79. The van der Waals surface area contributed by atoms with Gasteiger partial charge in [-0.3, -0.25) is 9.25 Å². The van der Waals surface area contributed by atoms with Crippen LogP contribution in [0, 0.1) is 0 Å². The van der Waals surface area contributed by atoms with Crippen LogP contribution in [0.25, 0.3) is 22.3 Å². The Morgan fingerprint density at radius 2 is 1.71 bits per heavy atom. The molecular formula is C37H39F3N6O3. The number of imidazole rings is 1. The number of aromatic nitrogens is 4. The van der Waals surface area contributed by atoms with E-state index < -0.39 is 17.8 Å². The topological polar surface area (TPSA) is 88.4 Å². The van der Waals surface area contributed by atoms with Crippen molar-refractivity contribution in [3.05, 3.63) is 111 Å². The minimum absolute atomic E-state index is 0.0992. The number of amides is 1. The van der Waals surface area contributed by atoms with Crippen molar-refractivity contribution in [2.24, 2.45) is 7.05 Å². The van der Waals surface area contributed by atoms with Gasteiger partial charge in [-0.15, -0.1) is 0 Å². The van der Waals surface area contributed by atoms with Gasteiger partial charge in [0.25, 0.3) is 0 Å². The fourth-order valence-electron chi connectivity index (χ4n) is 7.27. The quantitative estimate of drug-likeness (QED) is 0.198. The Bertz CT molecular complexity index is 1990. The molecule has 1 saturated heterocycles. The predicted octanol–water partition coefficient (Wildman–Crippen LogP) is 6.71. The molecule has 2 aromatic heterocycles. The van der Waals surface area contributed by atoms with Gasteiger partial charge in [-0.1, -0.05) is 54.6 Å². The number of likely N-dealkylation sites (tertiary alicyclic amines) is 1. The highest BCUT2D eigenvalue weighted by atomic mass is 19.4. The highest BCUT2D eigenvalue weighted by Crippen LogP contribution is 2.35. The maximum Gasteiger partial charge on any atom is 0.416 e. The maximum atomic E-state index is 13.3. The molecule has 4 heterocycles. The van der Waals surface area contributed by atoms with Crippen LogP contribution in [0.4, 0.5) is 18.0 Å². The number of para-hydroxylation sites is 1. The predicted molar refractivity (Wildman–Crippen MR) is 180 cm³/mol. The Hall–Kier alpha value is -4.84. The molecule has 256 valence electrons. The summed E-state index contributed by atoms with van der Waals surface area (Å²) in [5.41, 5.74) is 6.18. The van der Waals surface area contributed by atoms with Crippen LogP contribution in [-0.2, 0) is 44.1 Å². The van der Waals surface area contributed by atoms with Crippen molar-refractivity contribution < 1.29 is 22.7 Å². The van der Waals surface area contributed by atoms with Gasteiger partial charge >= 0.3 is 18.0 Å². The monoisotopic (exact) mass is 672 g/mol. The number of ether oxygens (including phenoxy) is 1. The van der Waals surface area contributed by atoms with Gasteiger partial charge in [0.1, 0.15) is 6.61 Å². The van der Waals surface area contributed by atoms with Gasteiger partial charge in [0.05, 0.1) is 28.8 Å². The van der Waals surface area contributed by atoms with E-state index in [1.807, 2.05) is 54.2 Å². The summed E-state index contributed by atoms with van der Waals surface area (Å²) in [6.07, 6.45) is -1.43. The molecule has 1 fully saturated rings. The van der Waals surface area contributed by atoms with Crippen molar-refractivity contribution in [3.63, 3.8) is 0 Å². The fourth-order valence-corrected chi connectivity index (χ4v) is 7.27. The number of fused-ring (bicyclic) bond motifs is 2. The zero-order valence-electron chi connectivity index (χ0n) is 27.4. The molecule has 0 bridgehead atoms. The summed E-state index contributed by atoms with van der Waals surface area (Å²) < 4.78 is 49.2. The number of carbonyl (C=O) groups excluding carboxylic acids is 1. The summed E-state index contributed by atoms with van der Waals surface area (Å²) in [6.45, 7) is 4.35. The van der Waals surface area contributed by atoms with E-state index in [2.05, 4.69) is 16.0 Å². The zero-order valence-corrected chi connectivity index (χ0v) is 27.4. The molecule has 1 amide bonds. The van der Waals surface area contributed by atoms with Crippen LogP contribution in [0.2, 0.25) is 0 Å². The van der Waals surface area contributed by atoms with Gasteiger partial charge in [-0.2, -0.15) is 18.3 Å². The molecule has 7 rings (SSSR count). The van der Waals surface area contributed by atoms with E-state index in [9.17, 15) is 22.8 Å². The molecule has 2 aliphatic heterocycles. The second kappa shape index (κ2) is 13.6. The molecule has 12 heteroatoms. The first-order valence-corrected chi connectivity index (χ1v) is 16.8. The molecule has 0 atom stereocenters. The Labute approximate surface area is 281 Å². The molecule has 0 radical (unpaired) electrons. The largest absolute Gasteiger partial charge is 0.445 e. The normalized spacial score (nSPS) is 15.9. The van der Waals surface area contributed by atoms with Crippen LogP contribution < -0.4 is 5.69 Å². The molecule has 3 aromatic carbocycles. The maximum absolute atomic E-state index is 13.3. The number of piperidine rings is 1. The van der Waals surface area contributed by atoms with Crippen LogP contribution in [0.1, 0.15) is 53.1 Å². The minimum Gasteiger partial charge on any atom is -0.445 e. The molecule has 0 spiro atoms. The number of nitrogens with one attached hydrogen (secondary N) is 1. The number of alkyl halides is 3. The average Bonchev–Trinajstić information content (AvgIpc) is 3.63. The molecule has 0 unspecified atom stereocenters. The summed E-state index contributed by atoms with van der Waals surface area (Å²) in [4.78, 5) is 32.3. The molecule has 1 N–H and O–H groups in total. The van der Waals surface area contributed by atoms with Gasteiger partial charge in [-0.05, 0) is 74.1 Å². The standard InChI is InChI=1S/C37H39F3N6O3/c1-43-34-29(9-5-10-31(34)41-35(43)47)26-15-20-44(21-16-26)18-6-19-46-32-17-22-45(36(48)49-24-25-7-3-2-4-8-25)23-30(32)33(42-46)27-11-13-28(14-12-27)37(38,39)40/h2-5,7-14,26H,6,15-24H2,1H3,(H,41,47). The number of aromatic amines is 1. The van der Waals surface area contributed by atoms with Crippen LogP contribution in [0.5, 0.6) is 0 Å². The summed E-state index contributed by atoms with van der Waals surface area (Å²) in [7, 11) is 1.81. The molecule has 49 heavy (non-hydrogen) atoms. The van der Waals surface area contributed by atoms with E-state index in [0.717, 1.165) is 78.9 Å². The third-order valence-electron chi connectivity index (χ3n) is 9.90. The Morgan fingerprint density at radius 3 is 2.45 bits per heavy atom. The summed E-state index contributed by atoms with van der Waals surface area (Å²) >= 11 is 0. The number of halogens is 3. The molecule has 0 aliphatic carbocycles. The first kappa shape index (κ1) is 32.7. The van der Waals surface area contributed by atoms with E-state index in [1.54, 1.807) is 9.47 Å². The lowest BCUT2D eigenvalue weighted by Crippen LogP contribution is -2.37. The summed E-state index contributed by atoms with van der Waals surface area (Å²) in [5, 5.41) is 4.92. The van der Waals surface area contributed by atoms with Crippen molar-refractivity contribution >= 4 is 17.1 Å². The summed E-state index contributed by atoms with van der Waals surface area (Å²) in [5.74, 6) is 0.383. The Kier molecular flexibility index (Phi) is 9.06. The second-order valence-corrected chi connectivity index (χ2v) is 13.0. The number of hydrogen-bond acceptors (Lipinski definition) is 5. The Morgan fingerprint density at radius 1 is 0.959 bits per heavy atom. The fraction of sp³-hybridized carbons (Fsp3) is 0.378. The zero-order chi connectivity index (χ0) is 34.1. The first-order chi connectivity index (χ1) is 23.7. The average molecular weight is 673 g/mol. The van der Waals surface area contributed by atoms with Crippen LogP contribution >= 0.6 is 0 Å². The molecule has 2 aliphatic rings.